The zero-order valence-electron chi connectivity index (χ0n) is 39.2. The van der Waals surface area contributed by atoms with Crippen LogP contribution < -0.4 is 54.4 Å². The normalized spacial score (nSPS) is 13.5. The Morgan fingerprint density at radius 2 is 0.910 bits per heavy atom. The van der Waals surface area contributed by atoms with Crippen LogP contribution in [-0.4, -0.2) is 126 Å². The summed E-state index contributed by atoms with van der Waals surface area (Å²) < 4.78 is 0. The quantitative estimate of drug-likeness (QED) is 0.0445. The number of carbonyl (C=O) groups is 9. The SMILES string of the molecule is CC(=O)O.CC(C)[C@H](N)C(=O)N[C@@H](CCCCN)C(=O)N[C@@H](Cc1ccccc1)C(=O)NCC(=O)N[C@H](C(=O)NCC(=O)N[C@@H](Cc1ccccc1)C(=O)N[C@@H](CCCCN)C(=O)O)C(C)C. The molecule has 0 unspecified atom stereocenters. The molecule has 15 N–H and O–H groups in total. The Balaban J connectivity index is 0.00000538. The van der Waals surface area contributed by atoms with Crippen LogP contribution in [0.4, 0.5) is 0 Å². The number of hydrogen-bond acceptors (Lipinski definition) is 12. The van der Waals surface area contributed by atoms with Crippen molar-refractivity contribution in [3.63, 3.8) is 0 Å². The monoisotopic (exact) mass is 941 g/mol. The second-order valence-electron chi connectivity index (χ2n) is 16.6. The highest BCUT2D eigenvalue weighted by molar-refractivity contribution is 5.96. The molecule has 0 aliphatic rings. The van der Waals surface area contributed by atoms with Crippen molar-refractivity contribution in [3.05, 3.63) is 71.8 Å². The average Bonchev–Trinajstić information content (AvgIpc) is 3.28. The van der Waals surface area contributed by atoms with E-state index in [1.165, 1.54) is 0 Å². The molecule has 67 heavy (non-hydrogen) atoms. The summed E-state index contributed by atoms with van der Waals surface area (Å²) in [6, 6.07) is 11.1. The summed E-state index contributed by atoms with van der Waals surface area (Å²) in [5.41, 5.74) is 18.6. The van der Waals surface area contributed by atoms with Crippen LogP contribution in [0.15, 0.2) is 60.7 Å². The van der Waals surface area contributed by atoms with Gasteiger partial charge in [0.1, 0.15) is 30.2 Å². The summed E-state index contributed by atoms with van der Waals surface area (Å²) in [5.74, 6) is -7.49. The van der Waals surface area contributed by atoms with Gasteiger partial charge < -0.3 is 64.6 Å². The number of nitrogens with two attached hydrogens (primary N) is 3. The van der Waals surface area contributed by atoms with Gasteiger partial charge in [-0.3, -0.25) is 38.4 Å². The Hall–Kier alpha value is -6.45. The number of nitrogens with one attached hydrogen (secondary N) is 7. The van der Waals surface area contributed by atoms with Crippen LogP contribution in [0, 0.1) is 11.8 Å². The predicted molar refractivity (Wildman–Crippen MR) is 250 cm³/mol. The molecule has 0 fully saturated rings. The summed E-state index contributed by atoms with van der Waals surface area (Å²) in [6.45, 7) is 7.57. The predicted octanol–water partition coefficient (Wildman–Crippen LogP) is -0.799. The molecule has 0 bridgehead atoms. The van der Waals surface area contributed by atoms with Crippen molar-refractivity contribution < 1.29 is 53.4 Å². The van der Waals surface area contributed by atoms with Crippen LogP contribution in [0.25, 0.3) is 0 Å². The first-order valence-electron chi connectivity index (χ1n) is 22.4. The van der Waals surface area contributed by atoms with Crippen LogP contribution >= 0.6 is 0 Å². The van der Waals surface area contributed by atoms with Gasteiger partial charge >= 0.3 is 5.97 Å². The zero-order chi connectivity index (χ0) is 50.5. The number of hydrogen-bond donors (Lipinski definition) is 12. The molecule has 21 nitrogen and oxygen atoms in total. The highest BCUT2D eigenvalue weighted by Gasteiger charge is 2.31. The Kier molecular flexibility index (Phi) is 28.2. The second kappa shape index (κ2) is 32.3. The van der Waals surface area contributed by atoms with E-state index in [4.69, 9.17) is 27.1 Å². The van der Waals surface area contributed by atoms with Gasteiger partial charge in [-0.05, 0) is 74.6 Å². The largest absolute Gasteiger partial charge is 0.481 e. The maximum absolute atomic E-state index is 13.6. The van der Waals surface area contributed by atoms with E-state index >= 15 is 0 Å². The van der Waals surface area contributed by atoms with Gasteiger partial charge in [0.15, 0.2) is 0 Å². The number of benzene rings is 2. The molecule has 0 saturated heterocycles. The van der Waals surface area contributed by atoms with Gasteiger partial charge in [0.25, 0.3) is 5.97 Å². The minimum absolute atomic E-state index is 0.0344. The molecule has 0 spiro atoms. The van der Waals surface area contributed by atoms with Crippen LogP contribution in [-0.2, 0) is 56.0 Å². The third-order valence-electron chi connectivity index (χ3n) is 10.1. The lowest BCUT2D eigenvalue weighted by atomic mass is 10.0. The summed E-state index contributed by atoms with van der Waals surface area (Å²) in [4.78, 5) is 114. The standard InChI is InChI=1S/C44H68N10O9.C2H4O2/c1-27(2)37(47)42(60)51-31(19-11-13-21-45)40(58)53-33(23-29-15-7-5-8-16-29)39(57)48-26-36(56)54-38(28(3)4)43(61)49-25-35(55)50-34(24-30-17-9-6-10-18-30)41(59)52-32(44(62)63)20-12-14-22-46;1-2(3)4/h5-10,15-18,27-28,31-34,37-38H,11-14,19-26,45-47H2,1-4H3,(H,48,57)(H,49,61)(H,50,55)(H,51,60)(H,52,59)(H,53,58)(H,54,56)(H,62,63);1H3,(H,3,4)/t31-,32-,33-,34-,37-,38-;/m0./s1. The number of carboxylic acid groups (broad SMARTS) is 2. The van der Waals surface area contributed by atoms with Crippen molar-refractivity contribution in [2.75, 3.05) is 26.2 Å². The van der Waals surface area contributed by atoms with E-state index in [2.05, 4.69) is 37.2 Å². The maximum Gasteiger partial charge on any atom is 0.326 e. The number of rotatable bonds is 29. The third kappa shape index (κ3) is 24.6. The van der Waals surface area contributed by atoms with E-state index < -0.39 is 109 Å². The maximum atomic E-state index is 13.6. The van der Waals surface area contributed by atoms with Gasteiger partial charge in [0.2, 0.25) is 41.4 Å². The lowest BCUT2D eigenvalue weighted by Crippen LogP contribution is -2.58. The van der Waals surface area contributed by atoms with Crippen LogP contribution in [0.3, 0.4) is 0 Å². The summed E-state index contributed by atoms with van der Waals surface area (Å²) in [6.07, 6.45) is 2.63. The van der Waals surface area contributed by atoms with Gasteiger partial charge in [-0.15, -0.1) is 0 Å². The highest BCUT2D eigenvalue weighted by atomic mass is 16.4. The van der Waals surface area contributed by atoms with Crippen molar-refractivity contribution in [3.8, 4) is 0 Å². The molecule has 0 aliphatic carbocycles. The van der Waals surface area contributed by atoms with Crippen molar-refractivity contribution in [2.45, 2.75) is 122 Å². The molecule has 0 aromatic heterocycles. The third-order valence-corrected chi connectivity index (χ3v) is 10.1. The minimum atomic E-state index is -1.23. The van der Waals surface area contributed by atoms with Crippen molar-refractivity contribution in [1.82, 2.24) is 37.2 Å². The molecule has 2 aromatic carbocycles. The van der Waals surface area contributed by atoms with Crippen LogP contribution in [0.2, 0.25) is 0 Å². The fourth-order valence-corrected chi connectivity index (χ4v) is 6.32. The molecule has 0 radical (unpaired) electrons. The van der Waals surface area contributed by atoms with Crippen molar-refractivity contribution >= 4 is 53.3 Å². The first-order chi connectivity index (χ1) is 31.7. The molecule has 7 amide bonds. The van der Waals surface area contributed by atoms with E-state index in [9.17, 15) is 43.5 Å². The Morgan fingerprint density at radius 1 is 0.507 bits per heavy atom. The lowest BCUT2D eigenvalue weighted by Gasteiger charge is -2.25. The summed E-state index contributed by atoms with van der Waals surface area (Å²) >= 11 is 0. The summed E-state index contributed by atoms with van der Waals surface area (Å²) in [7, 11) is 0. The molecule has 0 heterocycles. The number of aliphatic carboxylic acids is 2. The zero-order valence-corrected chi connectivity index (χ0v) is 39.2. The fourth-order valence-electron chi connectivity index (χ4n) is 6.32. The fraction of sp³-hybridized carbons (Fsp3) is 0.543. The van der Waals surface area contributed by atoms with Crippen LogP contribution in [0.1, 0.15) is 84.3 Å². The molecular formula is C46H72N10O11. The highest BCUT2D eigenvalue weighted by Crippen LogP contribution is 2.10. The lowest BCUT2D eigenvalue weighted by molar-refractivity contribution is -0.142. The van der Waals surface area contributed by atoms with Gasteiger partial charge in [-0.2, -0.15) is 0 Å². The second-order valence-corrected chi connectivity index (χ2v) is 16.6. The Labute approximate surface area is 392 Å². The number of carboxylic acids is 2. The topological polar surface area (TPSA) is 356 Å². The number of unbranched alkanes of at least 4 members (excludes halogenated alkanes) is 2. The van der Waals surface area contributed by atoms with Gasteiger partial charge in [-0.1, -0.05) is 88.4 Å². The van der Waals surface area contributed by atoms with E-state index in [0.717, 1.165) is 6.92 Å². The van der Waals surface area contributed by atoms with E-state index in [0.29, 0.717) is 49.9 Å². The molecule has 0 aliphatic heterocycles. The molecule has 2 rings (SSSR count). The summed E-state index contributed by atoms with van der Waals surface area (Å²) in [5, 5.41) is 35.2. The molecule has 372 valence electrons. The molecule has 0 saturated carbocycles. The Bertz CT molecular complexity index is 1880. The minimum Gasteiger partial charge on any atom is -0.481 e. The molecule has 2 aromatic rings. The van der Waals surface area contributed by atoms with Gasteiger partial charge in [0, 0.05) is 19.8 Å². The Morgan fingerprint density at radius 3 is 1.36 bits per heavy atom. The molecule has 6 atom stereocenters. The first kappa shape index (κ1) is 58.6. The van der Waals surface area contributed by atoms with Gasteiger partial charge in [0.05, 0.1) is 19.1 Å². The van der Waals surface area contributed by atoms with E-state index in [1.807, 2.05) is 0 Å². The molecule has 21 heteroatoms. The number of carbonyl (C=O) groups excluding carboxylic acids is 7. The van der Waals surface area contributed by atoms with E-state index in [1.54, 1.807) is 88.4 Å². The van der Waals surface area contributed by atoms with E-state index in [-0.39, 0.29) is 31.6 Å². The molecular weight excluding hydrogens is 869 g/mol. The number of amides is 7. The van der Waals surface area contributed by atoms with Gasteiger partial charge in [-0.25, -0.2) is 4.79 Å². The van der Waals surface area contributed by atoms with Crippen molar-refractivity contribution in [1.29, 1.82) is 0 Å². The smallest absolute Gasteiger partial charge is 0.326 e. The first-order valence-corrected chi connectivity index (χ1v) is 22.4. The average molecular weight is 941 g/mol. The van der Waals surface area contributed by atoms with Crippen molar-refractivity contribution in [2.24, 2.45) is 29.0 Å². The van der Waals surface area contributed by atoms with Crippen LogP contribution in [0.5, 0.6) is 0 Å².